The van der Waals surface area contributed by atoms with Gasteiger partial charge in [0.15, 0.2) is 0 Å². The lowest BCUT2D eigenvalue weighted by molar-refractivity contribution is 0.275. The van der Waals surface area contributed by atoms with Crippen molar-refractivity contribution in [3.05, 3.63) is 82.0 Å². The highest BCUT2D eigenvalue weighted by Crippen LogP contribution is 2.53. The van der Waals surface area contributed by atoms with Crippen LogP contribution in [0.4, 0.5) is 0 Å². The van der Waals surface area contributed by atoms with Gasteiger partial charge in [0.25, 0.3) is 0 Å². The third kappa shape index (κ3) is 4.25. The summed E-state index contributed by atoms with van der Waals surface area (Å²) < 4.78 is 0. The van der Waals surface area contributed by atoms with Crippen LogP contribution in [-0.4, -0.2) is 11.3 Å². The number of fused-ring (bicyclic) bond motifs is 3. The van der Waals surface area contributed by atoms with Crippen molar-refractivity contribution in [2.45, 2.75) is 82.9 Å². The van der Waals surface area contributed by atoms with E-state index in [-0.39, 0.29) is 0 Å². The van der Waals surface area contributed by atoms with E-state index >= 15 is 0 Å². The Morgan fingerprint density at radius 1 is 0.941 bits per heavy atom. The molecule has 6 aliphatic rings. The molecule has 180 valence electrons. The van der Waals surface area contributed by atoms with Crippen LogP contribution in [0.15, 0.2) is 82.0 Å². The molecular weight excluding hydrogens is 430 g/mol. The second kappa shape index (κ2) is 9.76. The van der Waals surface area contributed by atoms with Gasteiger partial charge in [-0.25, -0.2) is 0 Å². The Hall–Kier alpha value is -1.67. The van der Waals surface area contributed by atoms with Crippen LogP contribution in [0.25, 0.3) is 0 Å². The summed E-state index contributed by atoms with van der Waals surface area (Å²) in [6.45, 7) is 4.74. The molecule has 0 aromatic rings. The zero-order chi connectivity index (χ0) is 23.1. The molecule has 0 aromatic heterocycles. The van der Waals surface area contributed by atoms with Gasteiger partial charge in [-0.05, 0) is 79.1 Å². The molecule has 34 heavy (non-hydrogen) atoms. The largest absolute Gasteiger partial charge is 0.378 e. The van der Waals surface area contributed by atoms with Gasteiger partial charge >= 0.3 is 0 Å². The predicted molar refractivity (Wildman–Crippen MR) is 147 cm³/mol. The Morgan fingerprint density at radius 2 is 1.82 bits per heavy atom. The molecule has 0 radical (unpaired) electrons. The second-order valence-corrected chi connectivity index (χ2v) is 12.9. The van der Waals surface area contributed by atoms with Crippen LogP contribution >= 0.6 is 11.8 Å². The highest BCUT2D eigenvalue weighted by atomic mass is 32.2. The van der Waals surface area contributed by atoms with Gasteiger partial charge in [0.1, 0.15) is 0 Å². The molecule has 0 aromatic carbocycles. The Balaban J connectivity index is 1.28. The fourth-order valence-electron chi connectivity index (χ4n) is 7.36. The van der Waals surface area contributed by atoms with Crippen molar-refractivity contribution in [1.29, 1.82) is 0 Å². The molecule has 2 heteroatoms. The molecule has 5 unspecified atom stereocenters. The molecule has 2 fully saturated rings. The van der Waals surface area contributed by atoms with Crippen molar-refractivity contribution in [2.24, 2.45) is 29.6 Å². The van der Waals surface area contributed by atoms with E-state index in [0.29, 0.717) is 29.7 Å². The highest BCUT2D eigenvalue weighted by molar-refractivity contribution is 8.04. The van der Waals surface area contributed by atoms with E-state index < -0.39 is 0 Å². The number of dihydropyridines is 1. The Kier molecular flexibility index (Phi) is 6.54. The number of hydrogen-bond donors (Lipinski definition) is 1. The topological polar surface area (TPSA) is 12.0 Å². The average Bonchev–Trinajstić information content (AvgIpc) is 3.27. The molecular formula is C32H41NS. The van der Waals surface area contributed by atoms with Crippen LogP contribution in [0.1, 0.15) is 71.6 Å². The fourth-order valence-corrected chi connectivity index (χ4v) is 8.86. The first-order valence-electron chi connectivity index (χ1n) is 14.0. The maximum Gasteiger partial charge on any atom is 0.0545 e. The van der Waals surface area contributed by atoms with Crippen molar-refractivity contribution in [2.75, 3.05) is 0 Å². The number of thioether (sulfide) groups is 1. The number of nitrogens with one attached hydrogen (secondary N) is 1. The summed E-state index contributed by atoms with van der Waals surface area (Å²) in [5.74, 6) is 3.29. The summed E-state index contributed by atoms with van der Waals surface area (Å²) in [4.78, 5) is 1.58. The molecule has 0 bridgehead atoms. The number of rotatable bonds is 4. The van der Waals surface area contributed by atoms with E-state index in [1.165, 1.54) is 57.1 Å². The van der Waals surface area contributed by atoms with E-state index in [2.05, 4.69) is 85.6 Å². The Bertz CT molecular complexity index is 1010. The molecule has 6 rings (SSSR count). The standard InChI is InChI=1S/C32H41NS/c1-21(2)24-17-18-29(26-13-7-6-12-25(26)22-10-4-3-5-11-22)33-32(24)23-16-19-31-28(20-23)27-14-8-9-15-30(27)34-31/h6-8,13-14,17-23,25,27,30,32-33H,3-5,9-12,15-16H2,1-2H3. The lowest BCUT2D eigenvalue weighted by atomic mass is 9.72. The van der Waals surface area contributed by atoms with Gasteiger partial charge in [-0.15, -0.1) is 11.8 Å². The van der Waals surface area contributed by atoms with Gasteiger partial charge in [-0.1, -0.05) is 81.7 Å². The average molecular weight is 472 g/mol. The molecule has 1 N–H and O–H groups in total. The zero-order valence-corrected chi connectivity index (χ0v) is 21.8. The predicted octanol–water partition coefficient (Wildman–Crippen LogP) is 8.42. The fraction of sp³-hybridized carbons (Fsp3) is 0.562. The second-order valence-electron chi connectivity index (χ2n) is 11.6. The first kappa shape index (κ1) is 22.8. The van der Waals surface area contributed by atoms with Crippen LogP contribution in [0, 0.1) is 29.6 Å². The van der Waals surface area contributed by atoms with Crippen molar-refractivity contribution in [3.8, 4) is 0 Å². The smallest absolute Gasteiger partial charge is 0.0545 e. The first-order chi connectivity index (χ1) is 16.7. The van der Waals surface area contributed by atoms with Crippen LogP contribution in [0.3, 0.4) is 0 Å². The Labute approximate surface area is 211 Å². The maximum atomic E-state index is 4.14. The minimum Gasteiger partial charge on any atom is -0.378 e. The molecule has 1 saturated heterocycles. The van der Waals surface area contributed by atoms with Crippen molar-refractivity contribution < 1.29 is 0 Å². The van der Waals surface area contributed by atoms with Crippen molar-refractivity contribution in [1.82, 2.24) is 5.32 Å². The Morgan fingerprint density at radius 3 is 2.68 bits per heavy atom. The SMILES string of the molecule is CC(C)C1=CC=C(C2=CC=CCC2C2CCCCC2)NC1C1C=C2C(=CC1)SC1CCC=CC21. The lowest BCUT2D eigenvalue weighted by Crippen LogP contribution is -2.42. The van der Waals surface area contributed by atoms with E-state index in [4.69, 9.17) is 0 Å². The zero-order valence-electron chi connectivity index (χ0n) is 21.0. The van der Waals surface area contributed by atoms with Gasteiger partial charge < -0.3 is 5.32 Å². The molecule has 5 atom stereocenters. The first-order valence-corrected chi connectivity index (χ1v) is 14.9. The molecule has 0 amide bonds. The number of allylic oxidation sites excluding steroid dienone is 10. The summed E-state index contributed by atoms with van der Waals surface area (Å²) in [5.41, 5.74) is 6.18. The molecule has 2 aliphatic heterocycles. The lowest BCUT2D eigenvalue weighted by Gasteiger charge is -2.39. The monoisotopic (exact) mass is 471 g/mol. The third-order valence-electron chi connectivity index (χ3n) is 9.19. The van der Waals surface area contributed by atoms with E-state index in [1.54, 1.807) is 21.6 Å². The highest BCUT2D eigenvalue weighted by Gasteiger charge is 2.39. The molecule has 0 spiro atoms. The van der Waals surface area contributed by atoms with Crippen LogP contribution in [0.2, 0.25) is 0 Å². The van der Waals surface area contributed by atoms with Crippen molar-refractivity contribution >= 4 is 11.8 Å². The van der Waals surface area contributed by atoms with Gasteiger partial charge in [0.05, 0.1) is 6.04 Å². The molecule has 1 nitrogen and oxygen atoms in total. The maximum absolute atomic E-state index is 4.14. The summed E-state index contributed by atoms with van der Waals surface area (Å²) in [5, 5.41) is 4.91. The summed E-state index contributed by atoms with van der Waals surface area (Å²) in [7, 11) is 0. The quantitative estimate of drug-likeness (QED) is 0.413. The summed E-state index contributed by atoms with van der Waals surface area (Å²) in [6, 6.07) is 0.403. The number of hydrogen-bond acceptors (Lipinski definition) is 2. The normalized spacial score (nSPS) is 35.5. The van der Waals surface area contributed by atoms with Gasteiger partial charge in [-0.3, -0.25) is 0 Å². The van der Waals surface area contributed by atoms with Crippen LogP contribution in [-0.2, 0) is 0 Å². The minimum absolute atomic E-state index is 0.403. The summed E-state index contributed by atoms with van der Waals surface area (Å²) in [6.07, 6.45) is 34.3. The molecule has 1 saturated carbocycles. The van der Waals surface area contributed by atoms with E-state index in [0.717, 1.165) is 17.6 Å². The van der Waals surface area contributed by atoms with Crippen molar-refractivity contribution in [3.63, 3.8) is 0 Å². The summed E-state index contributed by atoms with van der Waals surface area (Å²) >= 11 is 2.15. The van der Waals surface area contributed by atoms with Gasteiger partial charge in [0, 0.05) is 27.7 Å². The molecule has 2 heterocycles. The van der Waals surface area contributed by atoms with E-state index in [1.807, 2.05) is 0 Å². The van der Waals surface area contributed by atoms with Crippen LogP contribution in [0.5, 0.6) is 0 Å². The third-order valence-corrected chi connectivity index (χ3v) is 10.7. The van der Waals surface area contributed by atoms with Gasteiger partial charge in [0.2, 0.25) is 0 Å². The van der Waals surface area contributed by atoms with Crippen LogP contribution < -0.4 is 5.32 Å². The van der Waals surface area contributed by atoms with Gasteiger partial charge in [-0.2, -0.15) is 0 Å². The molecule has 4 aliphatic carbocycles. The van der Waals surface area contributed by atoms with E-state index in [9.17, 15) is 0 Å². The minimum atomic E-state index is 0.403.